The molecule has 0 unspecified atom stereocenters. The summed E-state index contributed by atoms with van der Waals surface area (Å²) in [4.78, 5) is 14.8. The van der Waals surface area contributed by atoms with Crippen LogP contribution < -0.4 is 5.43 Å². The number of ether oxygens (including phenoxy) is 1. The van der Waals surface area contributed by atoms with E-state index in [0.29, 0.717) is 30.6 Å². The maximum absolute atomic E-state index is 13.7. The van der Waals surface area contributed by atoms with Crippen LogP contribution in [-0.2, 0) is 24.8 Å². The molecule has 0 spiro atoms. The van der Waals surface area contributed by atoms with Gasteiger partial charge in [0.2, 0.25) is 0 Å². The van der Waals surface area contributed by atoms with Gasteiger partial charge in [0.05, 0.1) is 12.7 Å². The van der Waals surface area contributed by atoms with Gasteiger partial charge in [0.25, 0.3) is 0 Å². The highest BCUT2D eigenvalue weighted by Gasteiger charge is 2.15. The van der Waals surface area contributed by atoms with Crippen molar-refractivity contribution in [2.24, 2.45) is 7.05 Å². The van der Waals surface area contributed by atoms with Crippen molar-refractivity contribution in [3.8, 4) is 28.3 Å². The van der Waals surface area contributed by atoms with Crippen LogP contribution in [0.15, 0.2) is 77.7 Å². The first-order chi connectivity index (χ1) is 16.0. The zero-order valence-electron chi connectivity index (χ0n) is 19.1. The largest absolute Gasteiger partial charge is 0.380 e. The number of hydrogen-bond acceptors (Lipinski definition) is 4. The van der Waals surface area contributed by atoms with Crippen LogP contribution in [0.4, 0.5) is 0 Å². The molecule has 0 amide bonds. The molecule has 0 atom stereocenters. The van der Waals surface area contributed by atoms with Crippen LogP contribution >= 0.6 is 11.8 Å². The fourth-order valence-electron chi connectivity index (χ4n) is 3.79. The minimum absolute atomic E-state index is 0.0307. The molecule has 3 rings (SSSR count). The van der Waals surface area contributed by atoms with Crippen LogP contribution in [0.5, 0.6) is 0 Å². The Morgan fingerprint density at radius 1 is 1.09 bits per heavy atom. The number of pyridine rings is 1. The van der Waals surface area contributed by atoms with Gasteiger partial charge < -0.3 is 9.30 Å². The smallest absolute Gasteiger partial charge is 0.197 e. The van der Waals surface area contributed by atoms with Crippen molar-refractivity contribution in [2.75, 3.05) is 12.9 Å². The van der Waals surface area contributed by atoms with Crippen LogP contribution in [0.3, 0.4) is 0 Å². The van der Waals surface area contributed by atoms with Crippen LogP contribution in [0.25, 0.3) is 28.3 Å². The summed E-state index contributed by atoms with van der Waals surface area (Å²) in [6.45, 7) is 8.16. The van der Waals surface area contributed by atoms with Gasteiger partial charge in [0, 0.05) is 54.7 Å². The summed E-state index contributed by atoms with van der Waals surface area (Å²) in [5, 5.41) is 9.10. The monoisotopic (exact) mass is 456 g/mol. The molecule has 0 radical (unpaired) electrons. The number of nitrogens with zero attached hydrogens (tertiary/aromatic N) is 2. The average molecular weight is 457 g/mol. The Kier molecular flexibility index (Phi) is 8.48. The maximum atomic E-state index is 13.7. The van der Waals surface area contributed by atoms with Gasteiger partial charge in [0.1, 0.15) is 0 Å². The van der Waals surface area contributed by atoms with Crippen LogP contribution in [0.1, 0.15) is 23.1 Å². The number of rotatable bonds is 10. The fraction of sp³-hybridized carbons (Fsp3) is 0.214. The van der Waals surface area contributed by atoms with E-state index in [9.17, 15) is 4.79 Å². The SMILES string of the molecule is C=CCSc1cc(-c2cn(C)cc(-c3ccc(C=C)cc3CCC#N)c2=O)ccc1COC. The molecule has 0 aliphatic heterocycles. The van der Waals surface area contributed by atoms with E-state index >= 15 is 0 Å². The molecule has 0 bridgehead atoms. The summed E-state index contributed by atoms with van der Waals surface area (Å²) in [6, 6.07) is 14.2. The second-order valence-corrected chi connectivity index (χ2v) is 8.78. The topological polar surface area (TPSA) is 55.0 Å². The van der Waals surface area contributed by atoms with Crippen molar-refractivity contribution in [3.63, 3.8) is 0 Å². The Morgan fingerprint density at radius 2 is 1.88 bits per heavy atom. The Labute approximate surface area is 199 Å². The normalized spacial score (nSPS) is 10.6. The first kappa shape index (κ1) is 24.3. The third-order valence-corrected chi connectivity index (χ3v) is 6.44. The molecule has 1 heterocycles. The third-order valence-electron chi connectivity index (χ3n) is 5.35. The van der Waals surface area contributed by atoms with E-state index < -0.39 is 0 Å². The van der Waals surface area contributed by atoms with Gasteiger partial charge in [-0.1, -0.05) is 49.1 Å². The van der Waals surface area contributed by atoms with Gasteiger partial charge in [-0.3, -0.25) is 4.79 Å². The van der Waals surface area contributed by atoms with Crippen molar-refractivity contribution in [2.45, 2.75) is 24.3 Å². The second kappa shape index (κ2) is 11.5. The second-order valence-electron chi connectivity index (χ2n) is 7.71. The molecular weight excluding hydrogens is 428 g/mol. The molecule has 5 heteroatoms. The van der Waals surface area contributed by atoms with E-state index in [1.165, 1.54) is 0 Å². The first-order valence-electron chi connectivity index (χ1n) is 10.7. The lowest BCUT2D eigenvalue weighted by atomic mass is 9.93. The molecule has 0 saturated carbocycles. The van der Waals surface area contributed by atoms with E-state index in [0.717, 1.165) is 38.5 Å². The number of aromatic nitrogens is 1. The van der Waals surface area contributed by atoms with E-state index in [4.69, 9.17) is 10.00 Å². The van der Waals surface area contributed by atoms with Crippen LogP contribution in [0, 0.1) is 11.3 Å². The predicted octanol–water partition coefficient (Wildman–Crippen LogP) is 6.24. The summed E-state index contributed by atoms with van der Waals surface area (Å²) in [7, 11) is 3.60. The molecule has 1 aromatic heterocycles. The molecular formula is C28H28N2O2S. The maximum Gasteiger partial charge on any atom is 0.197 e. The lowest BCUT2D eigenvalue weighted by molar-refractivity contribution is 0.183. The Balaban J connectivity index is 2.17. The summed E-state index contributed by atoms with van der Waals surface area (Å²) in [5.41, 5.74) is 5.98. The average Bonchev–Trinajstić information content (AvgIpc) is 2.83. The quantitative estimate of drug-likeness (QED) is 0.268. The van der Waals surface area contributed by atoms with Crippen molar-refractivity contribution in [1.82, 2.24) is 4.57 Å². The summed E-state index contributed by atoms with van der Waals surface area (Å²) in [6.07, 6.45) is 8.33. The zero-order valence-corrected chi connectivity index (χ0v) is 20.0. The molecule has 0 aliphatic carbocycles. The predicted molar refractivity (Wildman–Crippen MR) is 138 cm³/mol. The number of hydrogen-bond donors (Lipinski definition) is 0. The van der Waals surface area contributed by atoms with E-state index in [1.54, 1.807) is 24.9 Å². The van der Waals surface area contributed by atoms with Crippen molar-refractivity contribution < 1.29 is 4.74 Å². The molecule has 2 aromatic carbocycles. The molecule has 4 nitrogen and oxygen atoms in total. The number of aryl methyl sites for hydroxylation is 2. The summed E-state index contributed by atoms with van der Waals surface area (Å²) in [5.74, 6) is 0.774. The van der Waals surface area contributed by atoms with Crippen LogP contribution in [0.2, 0.25) is 0 Å². The summed E-state index contributed by atoms with van der Waals surface area (Å²) < 4.78 is 7.26. The number of methoxy groups -OCH3 is 1. The van der Waals surface area contributed by atoms with Gasteiger partial charge in [0.15, 0.2) is 5.43 Å². The van der Waals surface area contributed by atoms with E-state index in [-0.39, 0.29) is 5.43 Å². The molecule has 0 N–H and O–H groups in total. The van der Waals surface area contributed by atoms with E-state index in [1.807, 2.05) is 60.4 Å². The van der Waals surface area contributed by atoms with Gasteiger partial charge in [-0.25, -0.2) is 0 Å². The highest BCUT2D eigenvalue weighted by Crippen LogP contribution is 2.30. The molecule has 0 aliphatic rings. The van der Waals surface area contributed by atoms with Gasteiger partial charge in [-0.2, -0.15) is 5.26 Å². The minimum Gasteiger partial charge on any atom is -0.380 e. The van der Waals surface area contributed by atoms with Crippen molar-refractivity contribution in [3.05, 3.63) is 94.9 Å². The molecule has 0 saturated heterocycles. The lowest BCUT2D eigenvalue weighted by Crippen LogP contribution is -2.13. The molecule has 33 heavy (non-hydrogen) atoms. The van der Waals surface area contributed by atoms with Gasteiger partial charge >= 0.3 is 0 Å². The third kappa shape index (κ3) is 5.73. The number of thioether (sulfide) groups is 1. The minimum atomic E-state index is -0.0307. The number of benzene rings is 2. The molecule has 3 aromatic rings. The highest BCUT2D eigenvalue weighted by molar-refractivity contribution is 7.99. The lowest BCUT2D eigenvalue weighted by Gasteiger charge is -2.14. The standard InChI is InChI=1S/C28H28N2O2S/c1-5-14-33-27-16-22(10-11-23(27)19-32-4)25-17-30(3)18-26(28(25)31)24-12-9-20(6-2)15-21(24)8-7-13-29/h5-6,9-12,15-18H,1-2,7-8,14,19H2,3-4H3. The van der Waals surface area contributed by atoms with E-state index in [2.05, 4.69) is 25.3 Å². The zero-order chi connectivity index (χ0) is 23.8. The molecule has 0 fully saturated rings. The molecule has 168 valence electrons. The van der Waals surface area contributed by atoms with Crippen LogP contribution in [-0.4, -0.2) is 17.4 Å². The van der Waals surface area contributed by atoms with Crippen molar-refractivity contribution >= 4 is 17.8 Å². The van der Waals surface area contributed by atoms with Gasteiger partial charge in [-0.05, 0) is 40.3 Å². The Morgan fingerprint density at radius 3 is 2.58 bits per heavy atom. The Bertz CT molecular complexity index is 1270. The van der Waals surface area contributed by atoms with Crippen molar-refractivity contribution in [1.29, 1.82) is 5.26 Å². The Hall–Kier alpha value is -3.33. The first-order valence-corrected chi connectivity index (χ1v) is 11.7. The highest BCUT2D eigenvalue weighted by atomic mass is 32.2. The fourth-order valence-corrected chi connectivity index (χ4v) is 4.61. The van der Waals surface area contributed by atoms with Gasteiger partial charge in [-0.15, -0.1) is 18.3 Å². The summed E-state index contributed by atoms with van der Waals surface area (Å²) >= 11 is 1.68. The number of nitriles is 1.